The molecule has 0 spiro atoms. The topological polar surface area (TPSA) is 73.2 Å². The average Bonchev–Trinajstić information content (AvgIpc) is 2.72. The molecule has 1 aromatic heterocycles. The van der Waals surface area contributed by atoms with Gasteiger partial charge in [0, 0.05) is 16.8 Å². The number of thioether (sulfide) groups is 1. The summed E-state index contributed by atoms with van der Waals surface area (Å²) in [6.07, 6.45) is 0. The molecule has 150 valence electrons. The largest absolute Gasteiger partial charge is 0.497 e. The third kappa shape index (κ3) is 5.19. The van der Waals surface area contributed by atoms with E-state index < -0.39 is 5.25 Å². The molecule has 6 nitrogen and oxygen atoms in total. The van der Waals surface area contributed by atoms with E-state index in [1.54, 1.807) is 56.5 Å². The van der Waals surface area contributed by atoms with E-state index >= 15 is 0 Å². The zero-order chi connectivity index (χ0) is 21.0. The average molecular weight is 430 g/mol. The molecule has 0 radical (unpaired) electrons. The van der Waals surface area contributed by atoms with Gasteiger partial charge in [-0.15, -0.1) is 0 Å². The molecule has 3 aromatic rings. The Kier molecular flexibility index (Phi) is 6.61. The first-order valence-corrected chi connectivity index (χ1v) is 10.1. The molecule has 0 aliphatic rings. The Bertz CT molecular complexity index is 1080. The summed E-state index contributed by atoms with van der Waals surface area (Å²) in [6.45, 7) is 3.67. The lowest BCUT2D eigenvalue weighted by Gasteiger charge is -2.13. The van der Waals surface area contributed by atoms with Crippen molar-refractivity contribution in [2.24, 2.45) is 0 Å². The van der Waals surface area contributed by atoms with Crippen molar-refractivity contribution in [1.29, 1.82) is 0 Å². The van der Waals surface area contributed by atoms with Crippen LogP contribution in [0.5, 0.6) is 5.75 Å². The number of nitrogens with zero attached hydrogens (tertiary/aromatic N) is 2. The predicted molar refractivity (Wildman–Crippen MR) is 117 cm³/mol. The highest BCUT2D eigenvalue weighted by molar-refractivity contribution is 8.00. The van der Waals surface area contributed by atoms with Crippen molar-refractivity contribution in [2.45, 2.75) is 24.1 Å². The number of halogens is 1. The van der Waals surface area contributed by atoms with Crippen LogP contribution in [0, 0.1) is 6.92 Å². The predicted octanol–water partition coefficient (Wildman–Crippen LogP) is 4.32. The van der Waals surface area contributed by atoms with Gasteiger partial charge in [-0.2, -0.15) is 9.78 Å². The molecule has 29 heavy (non-hydrogen) atoms. The summed E-state index contributed by atoms with van der Waals surface area (Å²) in [5.74, 6) is 0.547. The molecule has 1 atom stereocenters. The lowest BCUT2D eigenvalue weighted by Crippen LogP contribution is -2.24. The van der Waals surface area contributed by atoms with Gasteiger partial charge in [0.15, 0.2) is 0 Å². The molecule has 8 heteroatoms. The third-order valence-corrected chi connectivity index (χ3v) is 5.63. The van der Waals surface area contributed by atoms with Crippen LogP contribution in [0.3, 0.4) is 0 Å². The number of carbonyl (C=O) groups is 1. The fourth-order valence-corrected chi connectivity index (χ4v) is 3.49. The molecular formula is C21H20ClN3O3S. The monoisotopic (exact) mass is 429 g/mol. The summed E-state index contributed by atoms with van der Waals surface area (Å²) in [7, 11) is 1.59. The number of aryl methyl sites for hydroxylation is 1. The van der Waals surface area contributed by atoms with Crippen molar-refractivity contribution in [1.82, 2.24) is 9.78 Å². The molecule has 0 unspecified atom stereocenters. The first-order valence-electron chi connectivity index (χ1n) is 8.86. The van der Waals surface area contributed by atoms with Crippen LogP contribution in [0.2, 0.25) is 5.02 Å². The number of methoxy groups -OCH3 is 1. The Morgan fingerprint density at radius 1 is 1.17 bits per heavy atom. The maximum Gasteiger partial charge on any atom is 0.271 e. The van der Waals surface area contributed by atoms with Gasteiger partial charge in [-0.25, -0.2) is 0 Å². The van der Waals surface area contributed by atoms with Crippen molar-refractivity contribution in [2.75, 3.05) is 12.4 Å². The minimum atomic E-state index is -0.419. The number of aromatic nitrogens is 2. The summed E-state index contributed by atoms with van der Waals surface area (Å²) in [6, 6.07) is 15.4. The molecular weight excluding hydrogens is 410 g/mol. The standard InChI is InChI=1S/C21H20ClN3O3S/c1-13-4-7-16(12-18(13)22)25-20(26)11-10-19(24-25)29-14(2)21(27)23-15-5-8-17(28-3)9-6-15/h4-12,14H,1-3H3,(H,23,27)/t14-/m1/s1. The molecule has 3 rings (SSSR count). The Balaban J connectivity index is 1.74. The molecule has 0 saturated carbocycles. The van der Waals surface area contributed by atoms with Gasteiger partial charge in [-0.05, 0) is 61.9 Å². The number of hydrogen-bond donors (Lipinski definition) is 1. The van der Waals surface area contributed by atoms with Crippen LogP contribution in [0.25, 0.3) is 5.69 Å². The number of anilines is 1. The van der Waals surface area contributed by atoms with Gasteiger partial charge < -0.3 is 10.1 Å². The summed E-state index contributed by atoms with van der Waals surface area (Å²) in [5.41, 5.74) is 1.89. The van der Waals surface area contributed by atoms with E-state index in [2.05, 4.69) is 10.4 Å². The zero-order valence-corrected chi connectivity index (χ0v) is 17.8. The maximum atomic E-state index is 12.5. The van der Waals surface area contributed by atoms with Crippen LogP contribution < -0.4 is 15.6 Å². The minimum Gasteiger partial charge on any atom is -0.497 e. The van der Waals surface area contributed by atoms with E-state index in [0.29, 0.717) is 27.2 Å². The molecule has 0 aliphatic heterocycles. The van der Waals surface area contributed by atoms with Crippen LogP contribution in [-0.2, 0) is 4.79 Å². The molecule has 1 amide bonds. The zero-order valence-electron chi connectivity index (χ0n) is 16.2. The summed E-state index contributed by atoms with van der Waals surface area (Å²) >= 11 is 7.43. The molecule has 0 saturated heterocycles. The fourth-order valence-electron chi connectivity index (χ4n) is 2.51. The van der Waals surface area contributed by atoms with Gasteiger partial charge in [-0.3, -0.25) is 9.59 Å². The highest BCUT2D eigenvalue weighted by atomic mass is 35.5. The van der Waals surface area contributed by atoms with Gasteiger partial charge >= 0.3 is 0 Å². The number of carbonyl (C=O) groups excluding carboxylic acids is 1. The smallest absolute Gasteiger partial charge is 0.271 e. The Morgan fingerprint density at radius 3 is 2.55 bits per heavy atom. The Hall–Kier alpha value is -2.77. The lowest BCUT2D eigenvalue weighted by atomic mass is 10.2. The summed E-state index contributed by atoms with van der Waals surface area (Å²) in [5, 5.41) is 7.92. The van der Waals surface area contributed by atoms with E-state index in [1.807, 2.05) is 13.0 Å². The number of benzene rings is 2. The van der Waals surface area contributed by atoms with Crippen LogP contribution in [0.1, 0.15) is 12.5 Å². The van der Waals surface area contributed by atoms with Crippen molar-refractivity contribution >= 4 is 35.0 Å². The Morgan fingerprint density at radius 2 is 1.90 bits per heavy atom. The number of ether oxygens (including phenoxy) is 1. The van der Waals surface area contributed by atoms with Crippen molar-refractivity contribution in [3.63, 3.8) is 0 Å². The highest BCUT2D eigenvalue weighted by Gasteiger charge is 2.16. The van der Waals surface area contributed by atoms with Crippen molar-refractivity contribution in [3.05, 3.63) is 75.5 Å². The number of amides is 1. The van der Waals surface area contributed by atoms with E-state index in [-0.39, 0.29) is 11.5 Å². The third-order valence-electron chi connectivity index (χ3n) is 4.20. The SMILES string of the molecule is COc1ccc(NC(=O)[C@@H](C)Sc2ccc(=O)n(-c3ccc(C)c(Cl)c3)n2)cc1. The molecule has 1 N–H and O–H groups in total. The van der Waals surface area contributed by atoms with E-state index in [4.69, 9.17) is 16.3 Å². The van der Waals surface area contributed by atoms with Gasteiger partial charge in [0.2, 0.25) is 5.91 Å². The molecule has 0 bridgehead atoms. The van der Waals surface area contributed by atoms with Crippen molar-refractivity contribution in [3.8, 4) is 11.4 Å². The lowest BCUT2D eigenvalue weighted by molar-refractivity contribution is -0.115. The van der Waals surface area contributed by atoms with Gasteiger partial charge in [0.1, 0.15) is 10.8 Å². The normalized spacial score (nSPS) is 11.7. The van der Waals surface area contributed by atoms with Gasteiger partial charge in [0.05, 0.1) is 18.0 Å². The molecule has 2 aromatic carbocycles. The Labute approximate surface area is 177 Å². The van der Waals surface area contributed by atoms with Crippen LogP contribution in [-0.4, -0.2) is 28.0 Å². The van der Waals surface area contributed by atoms with Crippen LogP contribution >= 0.6 is 23.4 Å². The summed E-state index contributed by atoms with van der Waals surface area (Å²) < 4.78 is 6.39. The number of hydrogen-bond acceptors (Lipinski definition) is 5. The summed E-state index contributed by atoms with van der Waals surface area (Å²) in [4.78, 5) is 24.7. The highest BCUT2D eigenvalue weighted by Crippen LogP contribution is 2.23. The quantitative estimate of drug-likeness (QED) is 0.590. The second-order valence-corrected chi connectivity index (χ2v) is 8.10. The first kappa shape index (κ1) is 21.0. The van der Waals surface area contributed by atoms with Crippen molar-refractivity contribution < 1.29 is 9.53 Å². The maximum absolute atomic E-state index is 12.5. The minimum absolute atomic E-state index is 0.168. The van der Waals surface area contributed by atoms with Crippen LogP contribution in [0.15, 0.2) is 64.4 Å². The van der Waals surface area contributed by atoms with E-state index in [0.717, 1.165) is 5.56 Å². The number of rotatable bonds is 6. The second kappa shape index (κ2) is 9.15. The second-order valence-electron chi connectivity index (χ2n) is 6.33. The van der Waals surface area contributed by atoms with Gasteiger partial charge in [0.25, 0.3) is 5.56 Å². The fraction of sp³-hybridized carbons (Fsp3) is 0.190. The van der Waals surface area contributed by atoms with E-state index in [9.17, 15) is 9.59 Å². The van der Waals surface area contributed by atoms with E-state index in [1.165, 1.54) is 22.5 Å². The van der Waals surface area contributed by atoms with Gasteiger partial charge in [-0.1, -0.05) is 29.4 Å². The molecule has 0 aliphatic carbocycles. The van der Waals surface area contributed by atoms with Crippen LogP contribution in [0.4, 0.5) is 5.69 Å². The number of nitrogens with one attached hydrogen (secondary N) is 1. The molecule has 0 fully saturated rings. The molecule has 1 heterocycles. The first-order chi connectivity index (χ1) is 13.9.